The highest BCUT2D eigenvalue weighted by atomic mass is 79.9. The van der Waals surface area contributed by atoms with Gasteiger partial charge in [0, 0.05) is 35.7 Å². The second-order valence-corrected chi connectivity index (χ2v) is 6.07. The van der Waals surface area contributed by atoms with Gasteiger partial charge in [-0.05, 0) is 19.1 Å². The largest absolute Gasteiger partial charge is 0.439 e. The van der Waals surface area contributed by atoms with Crippen molar-refractivity contribution in [1.82, 2.24) is 15.2 Å². The number of nitrogens with one attached hydrogen (secondary N) is 1. The van der Waals surface area contributed by atoms with Crippen molar-refractivity contribution < 1.29 is 4.42 Å². The third-order valence-electron chi connectivity index (χ3n) is 3.64. The number of rotatable bonds is 3. The van der Waals surface area contributed by atoms with Gasteiger partial charge in [-0.25, -0.2) is 4.98 Å². The standard InChI is InChI=1S/C15H18BrN3O/c1-11-8-17-5-6-19(11)10-15-18-9-14(20-15)12-3-2-4-13(16)7-12/h2-4,7,9,11,17H,5-6,8,10H2,1H3/t11-/m0/s1. The molecule has 106 valence electrons. The zero-order chi connectivity index (χ0) is 13.9. The van der Waals surface area contributed by atoms with Crippen molar-refractivity contribution in [3.63, 3.8) is 0 Å². The normalized spacial score (nSPS) is 20.2. The number of oxazole rings is 1. The predicted octanol–water partition coefficient (Wildman–Crippen LogP) is 2.90. The Bertz CT molecular complexity index is 584. The first-order valence-electron chi connectivity index (χ1n) is 6.88. The van der Waals surface area contributed by atoms with Gasteiger partial charge < -0.3 is 9.73 Å². The van der Waals surface area contributed by atoms with Crippen molar-refractivity contribution in [2.24, 2.45) is 0 Å². The number of hydrogen-bond acceptors (Lipinski definition) is 4. The summed E-state index contributed by atoms with van der Waals surface area (Å²) < 4.78 is 6.93. The second-order valence-electron chi connectivity index (χ2n) is 5.15. The molecule has 2 aromatic rings. The van der Waals surface area contributed by atoms with E-state index in [1.165, 1.54) is 0 Å². The Morgan fingerprint density at radius 3 is 3.20 bits per heavy atom. The number of benzene rings is 1. The quantitative estimate of drug-likeness (QED) is 0.936. The van der Waals surface area contributed by atoms with Gasteiger partial charge in [0.15, 0.2) is 5.76 Å². The maximum absolute atomic E-state index is 5.88. The molecule has 2 heterocycles. The molecular formula is C15H18BrN3O. The molecule has 0 aliphatic carbocycles. The summed E-state index contributed by atoms with van der Waals surface area (Å²) >= 11 is 3.48. The summed E-state index contributed by atoms with van der Waals surface area (Å²) in [4.78, 5) is 6.80. The van der Waals surface area contributed by atoms with Crippen molar-refractivity contribution in [3.8, 4) is 11.3 Å². The van der Waals surface area contributed by atoms with Crippen LogP contribution in [0.15, 0.2) is 39.4 Å². The fourth-order valence-electron chi connectivity index (χ4n) is 2.45. The summed E-state index contributed by atoms with van der Waals surface area (Å²) in [5, 5.41) is 3.39. The first-order chi connectivity index (χ1) is 9.72. The van der Waals surface area contributed by atoms with E-state index >= 15 is 0 Å². The van der Waals surface area contributed by atoms with E-state index in [9.17, 15) is 0 Å². The predicted molar refractivity (Wildman–Crippen MR) is 82.4 cm³/mol. The summed E-state index contributed by atoms with van der Waals surface area (Å²) in [5.41, 5.74) is 1.05. The van der Waals surface area contributed by atoms with Gasteiger partial charge in [0.1, 0.15) is 0 Å². The lowest BCUT2D eigenvalue weighted by Gasteiger charge is -2.32. The Kier molecular flexibility index (Phi) is 4.19. The van der Waals surface area contributed by atoms with Crippen molar-refractivity contribution in [1.29, 1.82) is 0 Å². The molecule has 1 N–H and O–H groups in total. The lowest BCUT2D eigenvalue weighted by molar-refractivity contribution is 0.151. The molecule has 1 aliphatic rings. The maximum atomic E-state index is 5.88. The highest BCUT2D eigenvalue weighted by Gasteiger charge is 2.20. The number of nitrogens with zero attached hydrogens (tertiary/aromatic N) is 2. The summed E-state index contributed by atoms with van der Waals surface area (Å²) in [5.74, 6) is 1.61. The van der Waals surface area contributed by atoms with E-state index in [0.29, 0.717) is 6.04 Å². The molecule has 1 atom stereocenters. The molecule has 1 saturated heterocycles. The van der Waals surface area contributed by atoms with Crippen molar-refractivity contribution in [3.05, 3.63) is 40.8 Å². The molecule has 5 heteroatoms. The summed E-state index contributed by atoms with van der Waals surface area (Å²) in [6.07, 6.45) is 1.81. The van der Waals surface area contributed by atoms with Crippen LogP contribution in [0.2, 0.25) is 0 Å². The van der Waals surface area contributed by atoms with Crippen molar-refractivity contribution in [2.45, 2.75) is 19.5 Å². The van der Waals surface area contributed by atoms with Crippen LogP contribution in [0, 0.1) is 0 Å². The molecule has 0 saturated carbocycles. The van der Waals surface area contributed by atoms with Crippen LogP contribution in [0.1, 0.15) is 12.8 Å². The highest BCUT2D eigenvalue weighted by Crippen LogP contribution is 2.24. The highest BCUT2D eigenvalue weighted by molar-refractivity contribution is 9.10. The van der Waals surface area contributed by atoms with Crippen LogP contribution in [0.5, 0.6) is 0 Å². The van der Waals surface area contributed by atoms with E-state index in [2.05, 4.69) is 38.1 Å². The zero-order valence-corrected chi connectivity index (χ0v) is 13.1. The van der Waals surface area contributed by atoms with E-state index in [0.717, 1.165) is 47.9 Å². The first-order valence-corrected chi connectivity index (χ1v) is 7.67. The molecular weight excluding hydrogens is 318 g/mol. The molecule has 1 aromatic carbocycles. The molecule has 1 aliphatic heterocycles. The van der Waals surface area contributed by atoms with Crippen molar-refractivity contribution >= 4 is 15.9 Å². The number of halogens is 1. The van der Waals surface area contributed by atoms with Gasteiger partial charge >= 0.3 is 0 Å². The van der Waals surface area contributed by atoms with Crippen LogP contribution in [-0.2, 0) is 6.54 Å². The fraction of sp³-hybridized carbons (Fsp3) is 0.400. The fourth-order valence-corrected chi connectivity index (χ4v) is 2.85. The summed E-state index contributed by atoms with van der Waals surface area (Å²) in [6.45, 7) is 6.10. The third kappa shape index (κ3) is 3.11. The minimum atomic E-state index is 0.518. The minimum Gasteiger partial charge on any atom is -0.439 e. The molecule has 0 spiro atoms. The smallest absolute Gasteiger partial charge is 0.209 e. The molecule has 20 heavy (non-hydrogen) atoms. The van der Waals surface area contributed by atoms with E-state index in [1.54, 1.807) is 0 Å². The minimum absolute atomic E-state index is 0.518. The van der Waals surface area contributed by atoms with Crippen LogP contribution >= 0.6 is 15.9 Å². The molecule has 4 nitrogen and oxygen atoms in total. The zero-order valence-electron chi connectivity index (χ0n) is 11.5. The van der Waals surface area contributed by atoms with Gasteiger partial charge in [-0.3, -0.25) is 4.90 Å². The molecule has 0 bridgehead atoms. The van der Waals surface area contributed by atoms with E-state index < -0.39 is 0 Å². The Labute approximate surface area is 127 Å². The van der Waals surface area contributed by atoms with E-state index in [4.69, 9.17) is 4.42 Å². The van der Waals surface area contributed by atoms with Crippen molar-refractivity contribution in [2.75, 3.05) is 19.6 Å². The summed E-state index contributed by atoms with van der Waals surface area (Å²) in [6, 6.07) is 8.59. The van der Waals surface area contributed by atoms with Gasteiger partial charge in [-0.1, -0.05) is 28.1 Å². The van der Waals surface area contributed by atoms with Gasteiger partial charge in [0.05, 0.1) is 12.7 Å². The molecule has 3 rings (SSSR count). The molecule has 1 aromatic heterocycles. The van der Waals surface area contributed by atoms with Crippen LogP contribution in [-0.4, -0.2) is 35.6 Å². The monoisotopic (exact) mass is 335 g/mol. The van der Waals surface area contributed by atoms with Crippen LogP contribution in [0.3, 0.4) is 0 Å². The lowest BCUT2D eigenvalue weighted by Crippen LogP contribution is -2.49. The summed E-state index contributed by atoms with van der Waals surface area (Å²) in [7, 11) is 0. The number of piperazine rings is 1. The topological polar surface area (TPSA) is 41.3 Å². The average Bonchev–Trinajstić information content (AvgIpc) is 2.90. The molecule has 0 radical (unpaired) electrons. The van der Waals surface area contributed by atoms with E-state index in [-0.39, 0.29) is 0 Å². The van der Waals surface area contributed by atoms with Gasteiger partial charge in [0.25, 0.3) is 0 Å². The van der Waals surface area contributed by atoms with Crippen LogP contribution in [0.25, 0.3) is 11.3 Å². The van der Waals surface area contributed by atoms with Gasteiger partial charge in [-0.2, -0.15) is 0 Å². The van der Waals surface area contributed by atoms with Gasteiger partial charge in [-0.15, -0.1) is 0 Å². The lowest BCUT2D eigenvalue weighted by atomic mass is 10.2. The Hall–Kier alpha value is -1.17. The molecule has 0 unspecified atom stereocenters. The Morgan fingerprint density at radius 2 is 2.40 bits per heavy atom. The second kappa shape index (κ2) is 6.08. The Morgan fingerprint density at radius 1 is 1.50 bits per heavy atom. The first kappa shape index (κ1) is 13.8. The SMILES string of the molecule is C[C@H]1CNCCN1Cc1ncc(-c2cccc(Br)c2)o1. The average molecular weight is 336 g/mol. The van der Waals surface area contributed by atoms with E-state index in [1.807, 2.05) is 30.5 Å². The molecule has 0 amide bonds. The van der Waals surface area contributed by atoms with Crippen LogP contribution in [0.4, 0.5) is 0 Å². The number of aromatic nitrogens is 1. The van der Waals surface area contributed by atoms with Crippen LogP contribution < -0.4 is 5.32 Å². The van der Waals surface area contributed by atoms with Gasteiger partial charge in [0.2, 0.25) is 5.89 Å². The third-order valence-corrected chi connectivity index (χ3v) is 4.13. The Balaban J connectivity index is 1.73. The maximum Gasteiger partial charge on any atom is 0.209 e. The molecule has 1 fully saturated rings. The number of hydrogen-bond donors (Lipinski definition) is 1.